The number of rotatable bonds is 3. The minimum atomic E-state index is 0.262. The van der Waals surface area contributed by atoms with E-state index in [4.69, 9.17) is 5.11 Å². The summed E-state index contributed by atoms with van der Waals surface area (Å²) in [5.41, 5.74) is 1.06. The molecule has 86 valence electrons. The van der Waals surface area contributed by atoms with E-state index in [0.29, 0.717) is 0 Å². The average molecular weight is 224 g/mol. The molecular weight excluding hydrogens is 208 g/mol. The summed E-state index contributed by atoms with van der Waals surface area (Å²) in [5, 5.41) is 11.1. The molecule has 0 fully saturated rings. The molecule has 1 nitrogen and oxygen atoms in total. The van der Waals surface area contributed by atoms with Crippen LogP contribution in [0.1, 0.15) is 24.8 Å². The van der Waals surface area contributed by atoms with Gasteiger partial charge in [0.1, 0.15) is 0 Å². The van der Waals surface area contributed by atoms with Crippen molar-refractivity contribution in [2.75, 3.05) is 6.61 Å². The maximum atomic E-state index is 8.65. The molecule has 0 aliphatic rings. The van der Waals surface area contributed by atoms with Crippen molar-refractivity contribution in [1.29, 1.82) is 0 Å². The fraction of sp³-hybridized carbons (Fsp3) is 0.250. The molecule has 0 aliphatic carbocycles. The van der Waals surface area contributed by atoms with Crippen LogP contribution in [0.2, 0.25) is 0 Å². The highest BCUT2D eigenvalue weighted by Gasteiger charge is 1.92. The third-order valence-electron chi connectivity index (χ3n) is 2.69. The molecular formula is C16H16O. The van der Waals surface area contributed by atoms with Gasteiger partial charge in [-0.3, -0.25) is 0 Å². The van der Waals surface area contributed by atoms with Gasteiger partial charge >= 0.3 is 0 Å². The normalized spacial score (nSPS) is 9.94. The van der Waals surface area contributed by atoms with E-state index in [2.05, 4.69) is 42.2 Å². The molecule has 0 aromatic heterocycles. The maximum Gasteiger partial charge on any atom is 0.0431 e. The van der Waals surface area contributed by atoms with Crippen molar-refractivity contribution in [1.82, 2.24) is 0 Å². The van der Waals surface area contributed by atoms with E-state index in [1.165, 1.54) is 10.8 Å². The number of hydrogen-bond acceptors (Lipinski definition) is 1. The highest BCUT2D eigenvalue weighted by Crippen LogP contribution is 2.14. The molecule has 0 saturated carbocycles. The summed E-state index contributed by atoms with van der Waals surface area (Å²) in [4.78, 5) is 0. The summed E-state index contributed by atoms with van der Waals surface area (Å²) in [7, 11) is 0. The monoisotopic (exact) mass is 224 g/mol. The lowest BCUT2D eigenvalue weighted by Gasteiger charge is -1.97. The van der Waals surface area contributed by atoms with E-state index < -0.39 is 0 Å². The molecule has 0 aliphatic heterocycles. The van der Waals surface area contributed by atoms with Gasteiger partial charge in [0, 0.05) is 18.6 Å². The van der Waals surface area contributed by atoms with E-state index in [9.17, 15) is 0 Å². The smallest absolute Gasteiger partial charge is 0.0431 e. The molecule has 1 heteroatoms. The van der Waals surface area contributed by atoms with Crippen LogP contribution in [0.5, 0.6) is 0 Å². The zero-order valence-corrected chi connectivity index (χ0v) is 9.82. The van der Waals surface area contributed by atoms with Gasteiger partial charge in [0.05, 0.1) is 0 Å². The Hall–Kier alpha value is -1.78. The zero-order valence-electron chi connectivity index (χ0n) is 9.82. The summed E-state index contributed by atoms with van der Waals surface area (Å²) >= 11 is 0. The predicted octanol–water partition coefficient (Wildman–Crippen LogP) is 3.35. The molecule has 2 aromatic carbocycles. The topological polar surface area (TPSA) is 20.2 Å². The largest absolute Gasteiger partial charge is 0.396 e. The van der Waals surface area contributed by atoms with Crippen LogP contribution in [-0.4, -0.2) is 11.7 Å². The average Bonchev–Trinajstić information content (AvgIpc) is 2.38. The van der Waals surface area contributed by atoms with Crippen molar-refractivity contribution in [2.24, 2.45) is 0 Å². The third kappa shape index (κ3) is 3.34. The fourth-order valence-corrected chi connectivity index (χ4v) is 1.76. The summed E-state index contributed by atoms with van der Waals surface area (Å²) in [6.45, 7) is 0.262. The summed E-state index contributed by atoms with van der Waals surface area (Å²) in [6.07, 6.45) is 2.66. The Labute approximate surface area is 102 Å². The second-order valence-electron chi connectivity index (χ2n) is 4.04. The van der Waals surface area contributed by atoms with Gasteiger partial charge in [-0.25, -0.2) is 0 Å². The van der Waals surface area contributed by atoms with Crippen LogP contribution in [0.15, 0.2) is 42.5 Å². The molecule has 0 heterocycles. The lowest BCUT2D eigenvalue weighted by Crippen LogP contribution is -1.81. The van der Waals surface area contributed by atoms with E-state index in [0.717, 1.165) is 24.8 Å². The third-order valence-corrected chi connectivity index (χ3v) is 2.69. The minimum Gasteiger partial charge on any atom is -0.396 e. The van der Waals surface area contributed by atoms with Crippen LogP contribution >= 0.6 is 0 Å². The van der Waals surface area contributed by atoms with Gasteiger partial charge in [0.2, 0.25) is 0 Å². The van der Waals surface area contributed by atoms with Crippen LogP contribution in [0.4, 0.5) is 0 Å². The second kappa shape index (κ2) is 6.08. The fourth-order valence-electron chi connectivity index (χ4n) is 1.76. The molecule has 0 bridgehead atoms. The Kier molecular flexibility index (Phi) is 4.18. The SMILES string of the molecule is OCCCCC#Cc1ccc2ccccc2c1. The first-order chi connectivity index (χ1) is 8.40. The van der Waals surface area contributed by atoms with Gasteiger partial charge in [-0.2, -0.15) is 0 Å². The number of unbranched alkanes of at least 4 members (excludes halogenated alkanes) is 2. The van der Waals surface area contributed by atoms with Gasteiger partial charge in [-0.1, -0.05) is 42.2 Å². The van der Waals surface area contributed by atoms with Crippen LogP contribution < -0.4 is 0 Å². The molecule has 0 atom stereocenters. The summed E-state index contributed by atoms with van der Waals surface area (Å²) < 4.78 is 0. The summed E-state index contributed by atoms with van der Waals surface area (Å²) in [5.74, 6) is 6.30. The number of benzene rings is 2. The van der Waals surface area contributed by atoms with Crippen LogP contribution in [0, 0.1) is 11.8 Å². The lowest BCUT2D eigenvalue weighted by atomic mass is 10.1. The first kappa shape index (κ1) is 11.7. The number of hydrogen-bond donors (Lipinski definition) is 1. The van der Waals surface area contributed by atoms with Crippen LogP contribution in [-0.2, 0) is 0 Å². The minimum absolute atomic E-state index is 0.262. The first-order valence-electron chi connectivity index (χ1n) is 5.99. The Bertz CT molecular complexity index is 546. The predicted molar refractivity (Wildman–Crippen MR) is 71.8 cm³/mol. The lowest BCUT2D eigenvalue weighted by molar-refractivity contribution is 0.285. The molecule has 17 heavy (non-hydrogen) atoms. The molecule has 0 unspecified atom stereocenters. The van der Waals surface area contributed by atoms with Gasteiger partial charge in [-0.05, 0) is 35.7 Å². The molecule has 0 amide bonds. The van der Waals surface area contributed by atoms with Crippen LogP contribution in [0.3, 0.4) is 0 Å². The Morgan fingerprint density at radius 3 is 2.59 bits per heavy atom. The van der Waals surface area contributed by atoms with E-state index in [-0.39, 0.29) is 6.61 Å². The molecule has 1 N–H and O–H groups in total. The van der Waals surface area contributed by atoms with Gasteiger partial charge in [-0.15, -0.1) is 0 Å². The standard InChI is InChI=1S/C16H16O/c17-12-6-2-1-3-7-14-10-11-15-8-4-5-9-16(15)13-14/h4-5,8-11,13,17H,1-2,6,12H2. The second-order valence-corrected chi connectivity index (χ2v) is 4.04. The molecule has 2 aromatic rings. The Morgan fingerprint density at radius 2 is 1.76 bits per heavy atom. The Morgan fingerprint density at radius 1 is 0.941 bits per heavy atom. The molecule has 0 spiro atoms. The van der Waals surface area contributed by atoms with Crippen molar-refractivity contribution >= 4 is 10.8 Å². The molecule has 0 saturated heterocycles. The number of aliphatic hydroxyl groups is 1. The van der Waals surface area contributed by atoms with E-state index in [1.54, 1.807) is 0 Å². The van der Waals surface area contributed by atoms with Crippen molar-refractivity contribution < 1.29 is 5.11 Å². The van der Waals surface area contributed by atoms with Crippen molar-refractivity contribution in [3.05, 3.63) is 48.0 Å². The van der Waals surface area contributed by atoms with E-state index >= 15 is 0 Å². The first-order valence-corrected chi connectivity index (χ1v) is 5.99. The van der Waals surface area contributed by atoms with Crippen LogP contribution in [0.25, 0.3) is 10.8 Å². The highest BCUT2D eigenvalue weighted by molar-refractivity contribution is 5.83. The Balaban J connectivity index is 2.08. The van der Waals surface area contributed by atoms with Gasteiger partial charge in [0.15, 0.2) is 0 Å². The summed E-state index contributed by atoms with van der Waals surface area (Å²) in [6, 6.07) is 14.6. The van der Waals surface area contributed by atoms with Gasteiger partial charge in [0.25, 0.3) is 0 Å². The van der Waals surface area contributed by atoms with Crippen molar-refractivity contribution in [2.45, 2.75) is 19.3 Å². The maximum absolute atomic E-state index is 8.65. The van der Waals surface area contributed by atoms with Gasteiger partial charge < -0.3 is 5.11 Å². The molecule has 2 rings (SSSR count). The number of aliphatic hydroxyl groups excluding tert-OH is 1. The quantitative estimate of drug-likeness (QED) is 0.626. The zero-order chi connectivity index (χ0) is 11.9. The van der Waals surface area contributed by atoms with Crippen molar-refractivity contribution in [3.63, 3.8) is 0 Å². The highest BCUT2D eigenvalue weighted by atomic mass is 16.2. The van der Waals surface area contributed by atoms with E-state index in [1.807, 2.05) is 12.1 Å². The van der Waals surface area contributed by atoms with Crippen molar-refractivity contribution in [3.8, 4) is 11.8 Å². The number of fused-ring (bicyclic) bond motifs is 1. The molecule has 0 radical (unpaired) electrons.